The normalized spacial score (nSPS) is 13.1. The molecule has 0 radical (unpaired) electrons. The number of nitrogens with zero attached hydrogens (tertiary/aromatic N) is 3. The standard InChI is InChI=1S/C40H47ClN4O3/c1-28(2)22-43-25-34-19-37(41)40(20-39(34)47-26-32-18-31(21-42)23-44-24-32)48-27-33-10-7-11-35(29(33)3)36-12-8-13-38(30(36)4)46-17-9-16-45-14-5-6-15-45/h7-8,10-13,18-20,23-24,28,43H,5-6,9,14-17,22,25-27H2,1-4H3. The third-order valence-corrected chi connectivity index (χ3v) is 9.08. The van der Waals surface area contributed by atoms with E-state index < -0.39 is 0 Å². The molecule has 48 heavy (non-hydrogen) atoms. The molecule has 1 aliphatic rings. The summed E-state index contributed by atoms with van der Waals surface area (Å²) in [5, 5.41) is 13.3. The molecule has 1 fully saturated rings. The first-order valence-electron chi connectivity index (χ1n) is 17.0. The van der Waals surface area contributed by atoms with Crippen LogP contribution in [-0.2, 0) is 19.8 Å². The zero-order chi connectivity index (χ0) is 33.9. The highest BCUT2D eigenvalue weighted by atomic mass is 35.5. The molecule has 3 aromatic carbocycles. The molecule has 5 rings (SSSR count). The van der Waals surface area contributed by atoms with Crippen LogP contribution in [0.3, 0.4) is 0 Å². The summed E-state index contributed by atoms with van der Waals surface area (Å²) in [6.07, 6.45) is 6.91. The van der Waals surface area contributed by atoms with Crippen LogP contribution < -0.4 is 19.5 Å². The number of ether oxygens (including phenoxy) is 3. The Morgan fingerprint density at radius 2 is 1.62 bits per heavy atom. The monoisotopic (exact) mass is 666 g/mol. The Labute approximate surface area is 290 Å². The predicted octanol–water partition coefficient (Wildman–Crippen LogP) is 8.66. The summed E-state index contributed by atoms with van der Waals surface area (Å²) in [5.74, 6) is 2.67. The minimum Gasteiger partial charge on any atom is -0.493 e. The molecule has 1 aliphatic heterocycles. The van der Waals surface area contributed by atoms with E-state index in [2.05, 4.69) is 85.4 Å². The summed E-state index contributed by atoms with van der Waals surface area (Å²) in [5.41, 5.74) is 7.93. The molecule has 8 heteroatoms. The summed E-state index contributed by atoms with van der Waals surface area (Å²) in [4.78, 5) is 6.69. The number of hydrogen-bond donors (Lipinski definition) is 1. The summed E-state index contributed by atoms with van der Waals surface area (Å²) < 4.78 is 18.9. The topological polar surface area (TPSA) is 79.6 Å². The van der Waals surface area contributed by atoms with Gasteiger partial charge in [-0.15, -0.1) is 0 Å². The van der Waals surface area contributed by atoms with Crippen LogP contribution in [0.4, 0.5) is 0 Å². The van der Waals surface area contributed by atoms with E-state index in [4.69, 9.17) is 25.8 Å². The van der Waals surface area contributed by atoms with Gasteiger partial charge in [-0.1, -0.05) is 55.8 Å². The highest BCUT2D eigenvalue weighted by Gasteiger charge is 2.16. The smallest absolute Gasteiger partial charge is 0.142 e. The van der Waals surface area contributed by atoms with Crippen molar-refractivity contribution in [3.8, 4) is 34.4 Å². The van der Waals surface area contributed by atoms with Crippen LogP contribution in [0.5, 0.6) is 17.2 Å². The van der Waals surface area contributed by atoms with Crippen LogP contribution in [0.1, 0.15) is 66.5 Å². The van der Waals surface area contributed by atoms with E-state index in [0.29, 0.717) is 41.2 Å². The van der Waals surface area contributed by atoms with Gasteiger partial charge in [0.25, 0.3) is 0 Å². The maximum Gasteiger partial charge on any atom is 0.142 e. The first-order chi connectivity index (χ1) is 23.3. The molecule has 0 atom stereocenters. The molecular weight excluding hydrogens is 620 g/mol. The van der Waals surface area contributed by atoms with Crippen molar-refractivity contribution in [1.82, 2.24) is 15.2 Å². The highest BCUT2D eigenvalue weighted by Crippen LogP contribution is 2.36. The lowest BCUT2D eigenvalue weighted by molar-refractivity contribution is 0.262. The number of hydrogen-bond acceptors (Lipinski definition) is 7. The Kier molecular flexibility index (Phi) is 12.7. The van der Waals surface area contributed by atoms with Crippen molar-refractivity contribution in [3.63, 3.8) is 0 Å². The van der Waals surface area contributed by atoms with Gasteiger partial charge in [0, 0.05) is 42.7 Å². The Morgan fingerprint density at radius 3 is 2.40 bits per heavy atom. The van der Waals surface area contributed by atoms with E-state index in [1.165, 1.54) is 25.9 Å². The second kappa shape index (κ2) is 17.3. The van der Waals surface area contributed by atoms with Crippen LogP contribution in [0.25, 0.3) is 11.1 Å². The summed E-state index contributed by atoms with van der Waals surface area (Å²) >= 11 is 6.79. The number of nitriles is 1. The van der Waals surface area contributed by atoms with E-state index in [1.807, 2.05) is 12.1 Å². The minimum atomic E-state index is 0.266. The van der Waals surface area contributed by atoms with Crippen molar-refractivity contribution in [2.45, 2.75) is 66.7 Å². The molecular formula is C40H47ClN4O3. The first kappa shape index (κ1) is 35.2. The fourth-order valence-electron chi connectivity index (χ4n) is 6.07. The number of rotatable bonds is 16. The lowest BCUT2D eigenvalue weighted by atomic mass is 9.93. The van der Waals surface area contributed by atoms with E-state index in [0.717, 1.165) is 70.8 Å². The van der Waals surface area contributed by atoms with Gasteiger partial charge in [-0.2, -0.15) is 5.26 Å². The molecule has 1 N–H and O–H groups in total. The zero-order valence-corrected chi connectivity index (χ0v) is 29.4. The largest absolute Gasteiger partial charge is 0.493 e. The molecule has 252 valence electrons. The van der Waals surface area contributed by atoms with Crippen LogP contribution in [0.2, 0.25) is 5.02 Å². The first-order valence-corrected chi connectivity index (χ1v) is 17.4. The average Bonchev–Trinajstić information content (AvgIpc) is 3.61. The Balaban J connectivity index is 1.30. The lowest BCUT2D eigenvalue weighted by Crippen LogP contribution is -2.22. The molecule has 1 saturated heterocycles. The maximum atomic E-state index is 9.27. The summed E-state index contributed by atoms with van der Waals surface area (Å²) in [7, 11) is 0. The van der Waals surface area contributed by atoms with Gasteiger partial charge in [-0.3, -0.25) is 4.98 Å². The van der Waals surface area contributed by atoms with Crippen LogP contribution in [0.15, 0.2) is 67.0 Å². The van der Waals surface area contributed by atoms with Crippen molar-refractivity contribution in [3.05, 3.63) is 105 Å². The third-order valence-electron chi connectivity index (χ3n) is 8.78. The number of nitrogens with one attached hydrogen (secondary N) is 1. The minimum absolute atomic E-state index is 0.266. The van der Waals surface area contributed by atoms with E-state index in [1.54, 1.807) is 18.5 Å². The molecule has 7 nitrogen and oxygen atoms in total. The van der Waals surface area contributed by atoms with Gasteiger partial charge in [0.2, 0.25) is 0 Å². The molecule has 0 aliphatic carbocycles. The third kappa shape index (κ3) is 9.50. The average molecular weight is 667 g/mol. The lowest BCUT2D eigenvalue weighted by Gasteiger charge is -2.19. The number of benzene rings is 3. The predicted molar refractivity (Wildman–Crippen MR) is 193 cm³/mol. The van der Waals surface area contributed by atoms with Gasteiger partial charge < -0.3 is 24.4 Å². The second-order valence-electron chi connectivity index (χ2n) is 13.0. The maximum absolute atomic E-state index is 9.27. The van der Waals surface area contributed by atoms with Crippen molar-refractivity contribution in [2.75, 3.05) is 32.8 Å². The molecule has 0 bridgehead atoms. The van der Waals surface area contributed by atoms with Crippen LogP contribution in [0, 0.1) is 31.1 Å². The van der Waals surface area contributed by atoms with Gasteiger partial charge in [0.05, 0.1) is 17.2 Å². The van der Waals surface area contributed by atoms with Gasteiger partial charge in [-0.25, -0.2) is 0 Å². The van der Waals surface area contributed by atoms with Gasteiger partial charge >= 0.3 is 0 Å². The quantitative estimate of drug-likeness (QED) is 0.120. The van der Waals surface area contributed by atoms with Gasteiger partial charge in [0.1, 0.15) is 36.5 Å². The molecule has 0 unspecified atom stereocenters. The van der Waals surface area contributed by atoms with Crippen molar-refractivity contribution in [2.24, 2.45) is 5.92 Å². The second-order valence-corrected chi connectivity index (χ2v) is 13.4. The van der Waals surface area contributed by atoms with E-state index >= 15 is 0 Å². The summed E-state index contributed by atoms with van der Waals surface area (Å²) in [6.45, 7) is 15.0. The Morgan fingerprint density at radius 1 is 0.875 bits per heavy atom. The van der Waals surface area contributed by atoms with Gasteiger partial charge in [0.15, 0.2) is 0 Å². The SMILES string of the molecule is Cc1c(COc2cc(OCc3cncc(C#N)c3)c(CNCC(C)C)cc2Cl)cccc1-c1cccc(OCCCN2CCCC2)c1C. The fourth-order valence-corrected chi connectivity index (χ4v) is 6.31. The van der Waals surface area contributed by atoms with Crippen molar-refractivity contribution >= 4 is 11.6 Å². The zero-order valence-electron chi connectivity index (χ0n) is 28.7. The number of aromatic nitrogens is 1. The fraction of sp³-hybridized carbons (Fsp3) is 0.400. The number of halogens is 1. The Hall–Kier alpha value is -4.09. The molecule has 4 aromatic rings. The molecule has 0 spiro atoms. The van der Waals surface area contributed by atoms with Crippen molar-refractivity contribution < 1.29 is 14.2 Å². The van der Waals surface area contributed by atoms with E-state index in [-0.39, 0.29) is 6.61 Å². The van der Waals surface area contributed by atoms with E-state index in [9.17, 15) is 5.26 Å². The molecule has 2 heterocycles. The molecule has 0 saturated carbocycles. The number of pyridine rings is 1. The Bertz CT molecular complexity index is 1710. The highest BCUT2D eigenvalue weighted by molar-refractivity contribution is 6.32. The van der Waals surface area contributed by atoms with Crippen LogP contribution >= 0.6 is 11.6 Å². The number of likely N-dealkylation sites (tertiary alicyclic amines) is 1. The molecule has 1 aromatic heterocycles. The van der Waals surface area contributed by atoms with Crippen LogP contribution in [-0.4, -0.2) is 42.7 Å². The van der Waals surface area contributed by atoms with Crippen molar-refractivity contribution in [1.29, 1.82) is 5.26 Å². The van der Waals surface area contributed by atoms with Gasteiger partial charge in [-0.05, 0) is 105 Å². The summed E-state index contributed by atoms with van der Waals surface area (Å²) in [6, 6.07) is 20.3. The molecule has 0 amide bonds.